The Kier molecular flexibility index (Phi) is 4.05. The van der Waals surface area contributed by atoms with Gasteiger partial charge in [0.1, 0.15) is 6.33 Å². The van der Waals surface area contributed by atoms with Gasteiger partial charge >= 0.3 is 5.69 Å². The topological polar surface area (TPSA) is 84.2 Å². The first kappa shape index (κ1) is 14.1. The average molecular weight is 253 g/mol. The van der Waals surface area contributed by atoms with Crippen LogP contribution >= 0.6 is 0 Å². The minimum atomic E-state index is -0.455. The van der Waals surface area contributed by atoms with Crippen LogP contribution in [0.2, 0.25) is 0 Å². The summed E-state index contributed by atoms with van der Waals surface area (Å²) in [5.74, 6) is 0.551. The van der Waals surface area contributed by atoms with Crippen LogP contribution in [0.3, 0.4) is 0 Å². The first-order valence-corrected chi connectivity index (χ1v) is 5.76. The minimum Gasteiger partial charge on any atom is -0.367 e. The quantitative estimate of drug-likeness (QED) is 0.638. The summed E-state index contributed by atoms with van der Waals surface area (Å²) in [6, 6.07) is 0. The largest absolute Gasteiger partial charge is 0.367 e. The van der Waals surface area contributed by atoms with E-state index in [4.69, 9.17) is 0 Å². The van der Waals surface area contributed by atoms with Gasteiger partial charge in [-0.15, -0.1) is 0 Å². The molecule has 1 N–H and O–H groups in total. The van der Waals surface area contributed by atoms with E-state index >= 15 is 0 Å². The molecule has 0 radical (unpaired) electrons. The van der Waals surface area contributed by atoms with E-state index in [2.05, 4.69) is 15.3 Å². The molecule has 1 heterocycles. The zero-order valence-corrected chi connectivity index (χ0v) is 11.4. The van der Waals surface area contributed by atoms with Gasteiger partial charge in [-0.3, -0.25) is 10.1 Å². The molecule has 0 saturated heterocycles. The van der Waals surface area contributed by atoms with Gasteiger partial charge in [0, 0.05) is 19.6 Å². The molecule has 0 atom stereocenters. The fourth-order valence-electron chi connectivity index (χ4n) is 1.49. The molecule has 7 heteroatoms. The molecule has 0 unspecified atom stereocenters. The highest BCUT2D eigenvalue weighted by Crippen LogP contribution is 2.34. The number of hydrogen-bond acceptors (Lipinski definition) is 6. The lowest BCUT2D eigenvalue weighted by Crippen LogP contribution is -2.41. The molecule has 0 fully saturated rings. The lowest BCUT2D eigenvalue weighted by atomic mass is 10.00. The summed E-state index contributed by atoms with van der Waals surface area (Å²) >= 11 is 0. The van der Waals surface area contributed by atoms with Gasteiger partial charge in [0.05, 0.1) is 4.92 Å². The fourth-order valence-corrected chi connectivity index (χ4v) is 1.49. The number of nitro groups is 1. The van der Waals surface area contributed by atoms with Crippen molar-refractivity contribution in [2.24, 2.45) is 0 Å². The highest BCUT2D eigenvalue weighted by atomic mass is 16.6. The minimum absolute atomic E-state index is 0.0935. The summed E-state index contributed by atoms with van der Waals surface area (Å²) in [5, 5.41) is 13.9. The standard InChI is InChI=1S/C11H19N5O2/c1-6-11(2,3)15(5)10-8(16(17)18)9(12-4)13-7-14-10/h7H,6H2,1-5H3,(H,12,13,14). The van der Waals surface area contributed by atoms with Gasteiger partial charge in [0.15, 0.2) is 0 Å². The average Bonchev–Trinajstić information content (AvgIpc) is 2.36. The molecule has 7 nitrogen and oxygen atoms in total. The van der Waals surface area contributed by atoms with Gasteiger partial charge in [0.2, 0.25) is 11.6 Å². The SMILES string of the molecule is CCC(C)(C)N(C)c1ncnc(NC)c1[N+](=O)[O-]. The van der Waals surface area contributed by atoms with Crippen LogP contribution in [0.5, 0.6) is 0 Å². The van der Waals surface area contributed by atoms with Crippen LogP contribution in [0.25, 0.3) is 0 Å². The molecule has 0 amide bonds. The first-order valence-electron chi connectivity index (χ1n) is 5.76. The molecule has 1 rings (SSSR count). The third-order valence-corrected chi connectivity index (χ3v) is 3.31. The number of hydrogen-bond donors (Lipinski definition) is 1. The maximum absolute atomic E-state index is 11.2. The summed E-state index contributed by atoms with van der Waals surface area (Å²) in [5.41, 5.74) is -0.312. The van der Waals surface area contributed by atoms with Crippen molar-refractivity contribution in [1.82, 2.24) is 9.97 Å². The zero-order chi connectivity index (χ0) is 13.9. The Bertz CT molecular complexity index is 447. The van der Waals surface area contributed by atoms with Crippen LogP contribution in [0.1, 0.15) is 27.2 Å². The smallest absolute Gasteiger partial charge is 0.353 e. The molecular weight excluding hydrogens is 234 g/mol. The Morgan fingerprint density at radius 1 is 1.50 bits per heavy atom. The second-order valence-electron chi connectivity index (χ2n) is 4.63. The third kappa shape index (κ3) is 2.49. The molecule has 0 aliphatic rings. The zero-order valence-electron chi connectivity index (χ0n) is 11.4. The summed E-state index contributed by atoms with van der Waals surface area (Å²) in [4.78, 5) is 20.5. The Balaban J connectivity index is 3.36. The van der Waals surface area contributed by atoms with E-state index in [0.29, 0.717) is 5.82 Å². The van der Waals surface area contributed by atoms with Crippen molar-refractivity contribution in [3.63, 3.8) is 0 Å². The van der Waals surface area contributed by atoms with E-state index < -0.39 is 4.92 Å². The lowest BCUT2D eigenvalue weighted by Gasteiger charge is -2.35. The predicted molar refractivity (Wildman–Crippen MR) is 71.0 cm³/mol. The van der Waals surface area contributed by atoms with Crippen LogP contribution in [-0.4, -0.2) is 34.5 Å². The summed E-state index contributed by atoms with van der Waals surface area (Å²) in [7, 11) is 3.41. The number of aromatic nitrogens is 2. The summed E-state index contributed by atoms with van der Waals surface area (Å²) in [6.45, 7) is 6.05. The molecule has 0 aromatic carbocycles. The van der Waals surface area contributed by atoms with Gasteiger partial charge in [-0.25, -0.2) is 9.97 Å². The second-order valence-corrected chi connectivity index (χ2v) is 4.63. The van der Waals surface area contributed by atoms with Crippen molar-refractivity contribution in [2.75, 3.05) is 24.3 Å². The van der Waals surface area contributed by atoms with Gasteiger partial charge in [-0.2, -0.15) is 0 Å². The van der Waals surface area contributed by atoms with E-state index in [1.807, 2.05) is 25.7 Å². The molecule has 100 valence electrons. The van der Waals surface area contributed by atoms with E-state index in [1.165, 1.54) is 6.33 Å². The maximum atomic E-state index is 11.2. The molecular formula is C11H19N5O2. The van der Waals surface area contributed by atoms with Crippen LogP contribution in [0, 0.1) is 10.1 Å². The lowest BCUT2D eigenvalue weighted by molar-refractivity contribution is -0.383. The van der Waals surface area contributed by atoms with Gasteiger partial charge in [0.25, 0.3) is 0 Å². The third-order valence-electron chi connectivity index (χ3n) is 3.31. The number of nitrogens with one attached hydrogen (secondary N) is 1. The van der Waals surface area contributed by atoms with E-state index in [-0.39, 0.29) is 17.0 Å². The molecule has 0 saturated carbocycles. The monoisotopic (exact) mass is 253 g/mol. The summed E-state index contributed by atoms with van der Waals surface area (Å²) < 4.78 is 0. The highest BCUT2D eigenvalue weighted by molar-refractivity contribution is 5.70. The van der Waals surface area contributed by atoms with Crippen molar-refractivity contribution in [3.05, 3.63) is 16.4 Å². The van der Waals surface area contributed by atoms with Crippen molar-refractivity contribution in [1.29, 1.82) is 0 Å². The van der Waals surface area contributed by atoms with Gasteiger partial charge < -0.3 is 10.2 Å². The maximum Gasteiger partial charge on any atom is 0.353 e. The van der Waals surface area contributed by atoms with Crippen LogP contribution in [0.4, 0.5) is 17.3 Å². The molecule has 0 bridgehead atoms. The van der Waals surface area contributed by atoms with Crippen molar-refractivity contribution < 1.29 is 4.92 Å². The highest BCUT2D eigenvalue weighted by Gasteiger charge is 2.31. The molecule has 0 spiro atoms. The van der Waals surface area contributed by atoms with Gasteiger partial charge in [-0.05, 0) is 20.3 Å². The van der Waals surface area contributed by atoms with E-state index in [9.17, 15) is 10.1 Å². The molecule has 1 aromatic heterocycles. The van der Waals surface area contributed by atoms with Crippen LogP contribution in [-0.2, 0) is 0 Å². The van der Waals surface area contributed by atoms with Crippen LogP contribution < -0.4 is 10.2 Å². The Morgan fingerprint density at radius 3 is 2.56 bits per heavy atom. The molecule has 0 aliphatic heterocycles. The van der Waals surface area contributed by atoms with Crippen molar-refractivity contribution in [3.8, 4) is 0 Å². The first-order chi connectivity index (χ1) is 8.35. The van der Waals surface area contributed by atoms with Crippen molar-refractivity contribution >= 4 is 17.3 Å². The molecule has 18 heavy (non-hydrogen) atoms. The summed E-state index contributed by atoms with van der Waals surface area (Å²) in [6.07, 6.45) is 2.18. The van der Waals surface area contributed by atoms with E-state index in [0.717, 1.165) is 6.42 Å². The normalized spacial score (nSPS) is 11.2. The Labute approximate surface area is 106 Å². The Morgan fingerprint density at radius 2 is 2.11 bits per heavy atom. The Hall–Kier alpha value is -1.92. The second kappa shape index (κ2) is 5.16. The predicted octanol–water partition coefficient (Wildman–Crippen LogP) is 2.05. The molecule has 0 aliphatic carbocycles. The molecule has 1 aromatic rings. The van der Waals surface area contributed by atoms with E-state index in [1.54, 1.807) is 14.1 Å². The van der Waals surface area contributed by atoms with Crippen molar-refractivity contribution in [2.45, 2.75) is 32.7 Å². The fraction of sp³-hybridized carbons (Fsp3) is 0.636. The number of rotatable bonds is 5. The van der Waals surface area contributed by atoms with Gasteiger partial charge in [-0.1, -0.05) is 6.92 Å². The number of nitrogens with zero attached hydrogens (tertiary/aromatic N) is 4. The number of anilines is 2. The van der Waals surface area contributed by atoms with Crippen LogP contribution in [0.15, 0.2) is 6.33 Å².